The van der Waals surface area contributed by atoms with E-state index in [1.54, 1.807) is 17.6 Å². The minimum Gasteiger partial charge on any atom is -0.422 e. The molecule has 3 heterocycles. The number of carbonyl (C=O) groups is 1. The summed E-state index contributed by atoms with van der Waals surface area (Å²) in [6.45, 7) is 4.42. The second-order valence-electron chi connectivity index (χ2n) is 10.6. The Bertz CT molecular complexity index is 1760. The van der Waals surface area contributed by atoms with Gasteiger partial charge in [-0.2, -0.15) is 0 Å². The number of carbonyl (C=O) groups excluding carboxylic acids is 1. The van der Waals surface area contributed by atoms with E-state index in [2.05, 4.69) is 22.6 Å². The molecule has 8 heteroatoms. The van der Waals surface area contributed by atoms with Crippen LogP contribution < -0.4 is 11.2 Å². The van der Waals surface area contributed by atoms with Crippen molar-refractivity contribution in [3.63, 3.8) is 0 Å². The highest BCUT2D eigenvalue weighted by molar-refractivity contribution is 14.1. The van der Waals surface area contributed by atoms with Gasteiger partial charge in [0.1, 0.15) is 11.6 Å². The van der Waals surface area contributed by atoms with Gasteiger partial charge in [0.05, 0.1) is 24.5 Å². The molecule has 6 rings (SSSR count). The highest BCUT2D eigenvalue weighted by atomic mass is 127. The lowest BCUT2D eigenvalue weighted by Gasteiger charge is -2.24. The number of rotatable bonds is 7. The van der Waals surface area contributed by atoms with Gasteiger partial charge in [0.15, 0.2) is 5.58 Å². The summed E-state index contributed by atoms with van der Waals surface area (Å²) < 4.78 is 28.5. The van der Waals surface area contributed by atoms with E-state index < -0.39 is 5.63 Å². The van der Waals surface area contributed by atoms with Gasteiger partial charge in [0.2, 0.25) is 0 Å². The zero-order valence-electron chi connectivity index (χ0n) is 21.7. The topological polar surface area (TPSA) is 78.5 Å². The fraction of sp³-hybridized carbons (Fsp3) is 0.323. The van der Waals surface area contributed by atoms with Crippen molar-refractivity contribution in [2.45, 2.75) is 45.6 Å². The van der Waals surface area contributed by atoms with Crippen molar-refractivity contribution in [3.8, 4) is 11.1 Å². The molecular weight excluding hydrogens is 612 g/mol. The maximum absolute atomic E-state index is 14.9. The van der Waals surface area contributed by atoms with Crippen LogP contribution in [-0.2, 0) is 22.4 Å². The van der Waals surface area contributed by atoms with Crippen LogP contribution in [0.2, 0.25) is 0 Å². The van der Waals surface area contributed by atoms with E-state index in [0.29, 0.717) is 46.5 Å². The van der Waals surface area contributed by atoms with Crippen LogP contribution in [0.3, 0.4) is 0 Å². The lowest BCUT2D eigenvalue weighted by atomic mass is 9.92. The van der Waals surface area contributed by atoms with Crippen LogP contribution in [0.1, 0.15) is 46.8 Å². The van der Waals surface area contributed by atoms with Gasteiger partial charge in [0, 0.05) is 39.3 Å². The lowest BCUT2D eigenvalue weighted by molar-refractivity contribution is -0.135. The highest BCUT2D eigenvalue weighted by Crippen LogP contribution is 2.40. The molecule has 1 aliphatic heterocycles. The molecule has 1 aliphatic carbocycles. The monoisotopic (exact) mass is 639 g/mol. The summed E-state index contributed by atoms with van der Waals surface area (Å²) in [5, 5.41) is 0.311. The van der Waals surface area contributed by atoms with E-state index in [1.165, 1.54) is 6.07 Å². The van der Waals surface area contributed by atoms with Gasteiger partial charge in [-0.05, 0) is 83.7 Å². The molecule has 0 N–H and O–H groups in total. The predicted molar refractivity (Wildman–Crippen MR) is 155 cm³/mol. The summed E-state index contributed by atoms with van der Waals surface area (Å²) in [6.07, 6.45) is 2.15. The van der Waals surface area contributed by atoms with Crippen molar-refractivity contribution in [3.05, 3.63) is 101 Å². The molecule has 2 aliphatic rings. The highest BCUT2D eigenvalue weighted by Gasteiger charge is 2.31. The zero-order valence-corrected chi connectivity index (χ0v) is 23.8. The van der Waals surface area contributed by atoms with Crippen molar-refractivity contribution in [1.82, 2.24) is 4.57 Å². The molecule has 4 aromatic rings. The summed E-state index contributed by atoms with van der Waals surface area (Å²) in [7, 11) is 0. The molecule has 0 spiro atoms. The first kappa shape index (κ1) is 26.1. The number of ketones is 1. The molecule has 200 valence electrons. The maximum Gasteiger partial charge on any atom is 0.339 e. The fourth-order valence-corrected chi connectivity index (χ4v) is 5.87. The first-order chi connectivity index (χ1) is 18.7. The Kier molecular flexibility index (Phi) is 6.79. The number of hydrogen-bond donors (Lipinski definition) is 0. The number of aromatic nitrogens is 1. The second kappa shape index (κ2) is 10.1. The third-order valence-corrected chi connectivity index (χ3v) is 8.52. The quantitative estimate of drug-likeness (QED) is 0.244. The summed E-state index contributed by atoms with van der Waals surface area (Å²) in [4.78, 5) is 39.8. The van der Waals surface area contributed by atoms with E-state index in [1.807, 2.05) is 37.3 Å². The number of pyridine rings is 1. The zero-order chi connectivity index (χ0) is 27.4. The predicted octanol–water partition coefficient (Wildman–Crippen LogP) is 5.67. The van der Waals surface area contributed by atoms with Crippen LogP contribution in [0.5, 0.6) is 0 Å². The first-order valence-corrected chi connectivity index (χ1v) is 14.2. The SMILES string of the molecule is Cc1c(Cc2ccc(I)cc2F)c2c(=O)n(C3CC3)c(C)c(-c3cccc(CC(=O)C4COC4)c3)c2oc1=O. The Morgan fingerprint density at radius 1 is 1.10 bits per heavy atom. The van der Waals surface area contributed by atoms with Gasteiger partial charge >= 0.3 is 5.63 Å². The van der Waals surface area contributed by atoms with E-state index >= 15 is 0 Å². The molecule has 0 bridgehead atoms. The van der Waals surface area contributed by atoms with Gasteiger partial charge in [-0.1, -0.05) is 30.3 Å². The second-order valence-corrected chi connectivity index (χ2v) is 11.8. The first-order valence-electron chi connectivity index (χ1n) is 13.1. The van der Waals surface area contributed by atoms with Crippen LogP contribution in [0, 0.1) is 29.2 Å². The minimum atomic E-state index is -0.552. The van der Waals surface area contributed by atoms with Crippen molar-refractivity contribution < 1.29 is 18.3 Å². The summed E-state index contributed by atoms with van der Waals surface area (Å²) in [5.74, 6) is -0.322. The Morgan fingerprint density at radius 3 is 2.54 bits per heavy atom. The number of nitrogens with zero attached hydrogens (tertiary/aromatic N) is 1. The molecule has 0 unspecified atom stereocenters. The van der Waals surface area contributed by atoms with Crippen LogP contribution in [0.15, 0.2) is 56.5 Å². The number of fused-ring (bicyclic) bond motifs is 1. The summed E-state index contributed by atoms with van der Waals surface area (Å²) in [6, 6.07) is 12.6. The maximum atomic E-state index is 14.9. The summed E-state index contributed by atoms with van der Waals surface area (Å²) in [5.41, 5.74) is 3.60. The van der Waals surface area contributed by atoms with Gasteiger partial charge in [-0.3, -0.25) is 9.59 Å². The smallest absolute Gasteiger partial charge is 0.339 e. The van der Waals surface area contributed by atoms with E-state index in [4.69, 9.17) is 9.15 Å². The van der Waals surface area contributed by atoms with Crippen LogP contribution in [0.4, 0.5) is 4.39 Å². The van der Waals surface area contributed by atoms with Gasteiger partial charge in [-0.15, -0.1) is 0 Å². The van der Waals surface area contributed by atoms with Crippen molar-refractivity contribution in [1.29, 1.82) is 0 Å². The molecule has 2 aromatic heterocycles. The third kappa shape index (κ3) is 4.78. The molecule has 0 atom stereocenters. The van der Waals surface area contributed by atoms with Gasteiger partial charge < -0.3 is 13.7 Å². The Morgan fingerprint density at radius 2 is 1.87 bits per heavy atom. The lowest BCUT2D eigenvalue weighted by Crippen LogP contribution is -2.35. The van der Waals surface area contributed by atoms with E-state index in [0.717, 1.165) is 27.5 Å². The summed E-state index contributed by atoms with van der Waals surface area (Å²) >= 11 is 2.05. The molecule has 2 aromatic carbocycles. The largest absolute Gasteiger partial charge is 0.422 e. The number of ether oxygens (including phenoxy) is 1. The normalized spacial score (nSPS) is 15.5. The Balaban J connectivity index is 1.58. The van der Waals surface area contributed by atoms with Gasteiger partial charge in [-0.25, -0.2) is 9.18 Å². The van der Waals surface area contributed by atoms with Crippen molar-refractivity contribution in [2.24, 2.45) is 5.92 Å². The molecule has 0 amide bonds. The average Bonchev–Trinajstić information content (AvgIpc) is 3.68. The standard InChI is InChI=1S/C31H27FINO5/c1-16-24(12-19-6-7-22(33)13-25(19)32)28-29(39-31(16)37)27(17(2)34(30(28)36)23-8-9-23)20-5-3-4-18(10-20)11-26(35)21-14-38-15-21/h3-7,10,13,21,23H,8-9,11-12,14-15H2,1-2H3. The number of hydrogen-bond acceptors (Lipinski definition) is 5. The van der Waals surface area contributed by atoms with Crippen LogP contribution in [0.25, 0.3) is 22.1 Å². The molecule has 0 radical (unpaired) electrons. The van der Waals surface area contributed by atoms with E-state index in [9.17, 15) is 18.8 Å². The van der Waals surface area contributed by atoms with E-state index in [-0.39, 0.29) is 47.5 Å². The average molecular weight is 639 g/mol. The molecule has 6 nitrogen and oxygen atoms in total. The van der Waals surface area contributed by atoms with Gasteiger partial charge in [0.25, 0.3) is 5.56 Å². The molecular formula is C31H27FINO5. The van der Waals surface area contributed by atoms with Crippen molar-refractivity contribution >= 4 is 39.3 Å². The molecule has 2 fully saturated rings. The number of benzene rings is 2. The Hall–Kier alpha value is -3.11. The molecule has 39 heavy (non-hydrogen) atoms. The van der Waals surface area contributed by atoms with Crippen LogP contribution in [-0.4, -0.2) is 23.6 Å². The molecule has 1 saturated carbocycles. The number of Topliss-reactive ketones (excluding diaryl/α,β-unsaturated/α-hetero) is 1. The Labute approximate surface area is 237 Å². The van der Waals surface area contributed by atoms with Crippen LogP contribution >= 0.6 is 22.6 Å². The minimum absolute atomic E-state index is 0.0687. The molecule has 1 saturated heterocycles. The number of halogens is 2. The fourth-order valence-electron chi connectivity index (χ4n) is 5.42. The van der Waals surface area contributed by atoms with Crippen molar-refractivity contribution in [2.75, 3.05) is 13.2 Å². The third-order valence-electron chi connectivity index (χ3n) is 7.85.